The Labute approximate surface area is 161 Å². The van der Waals surface area contributed by atoms with E-state index >= 15 is 0 Å². The molecule has 4 N–H and O–H groups in total. The number of hydrogen-bond donors (Lipinski definition) is 3. The number of nitrogens with zero attached hydrogens (tertiary/aromatic N) is 1. The smallest absolute Gasteiger partial charge is 0.326 e. The van der Waals surface area contributed by atoms with Crippen molar-refractivity contribution in [2.24, 2.45) is 5.92 Å². The van der Waals surface area contributed by atoms with E-state index < -0.39 is 17.9 Å². The van der Waals surface area contributed by atoms with Crippen molar-refractivity contribution < 1.29 is 19.4 Å². The van der Waals surface area contributed by atoms with E-state index in [1.165, 1.54) is 0 Å². The number of carboxylic acid groups (broad SMARTS) is 1. The normalized spacial score (nSPS) is 15.9. The number of amides is 1. The highest BCUT2D eigenvalue weighted by molar-refractivity contribution is 7.17. The minimum absolute atomic E-state index is 0.0459. The number of carbonyl (C=O) groups is 2. The lowest BCUT2D eigenvalue weighted by Crippen LogP contribution is -2.46. The summed E-state index contributed by atoms with van der Waals surface area (Å²) in [5.41, 5.74) is 6.75. The van der Waals surface area contributed by atoms with Crippen LogP contribution in [0.5, 0.6) is 5.75 Å². The van der Waals surface area contributed by atoms with Crippen molar-refractivity contribution in [2.45, 2.75) is 38.1 Å². The fraction of sp³-hybridized carbons (Fsp3) is 0.421. The SMILES string of the molecule is COc1ccc(-c2nc(N)c(C(=O)N[C@H](C(=O)O)C3CCCCC3)s2)cc1. The van der Waals surface area contributed by atoms with Gasteiger partial charge in [-0.1, -0.05) is 19.3 Å². The molecular formula is C19H23N3O4S. The van der Waals surface area contributed by atoms with Crippen molar-refractivity contribution >= 4 is 29.0 Å². The third-order valence-electron chi connectivity index (χ3n) is 4.87. The van der Waals surface area contributed by atoms with Crippen LogP contribution in [0.1, 0.15) is 41.8 Å². The second-order valence-corrected chi connectivity index (χ2v) is 7.65. The van der Waals surface area contributed by atoms with Crippen LogP contribution in [-0.2, 0) is 4.79 Å². The monoisotopic (exact) mass is 389 g/mol. The number of hydrogen-bond acceptors (Lipinski definition) is 6. The molecule has 8 heteroatoms. The summed E-state index contributed by atoms with van der Waals surface area (Å²) >= 11 is 1.15. The van der Waals surface area contributed by atoms with E-state index in [-0.39, 0.29) is 16.6 Å². The summed E-state index contributed by atoms with van der Waals surface area (Å²) in [6, 6.07) is 6.37. The molecule has 1 saturated carbocycles. The molecule has 1 atom stereocenters. The van der Waals surface area contributed by atoms with Crippen LogP contribution in [0.15, 0.2) is 24.3 Å². The summed E-state index contributed by atoms with van der Waals surface area (Å²) in [6.45, 7) is 0. The van der Waals surface area contributed by atoms with E-state index in [4.69, 9.17) is 10.5 Å². The van der Waals surface area contributed by atoms with Crippen molar-refractivity contribution in [3.63, 3.8) is 0 Å². The van der Waals surface area contributed by atoms with Crippen LogP contribution in [0, 0.1) is 5.92 Å². The summed E-state index contributed by atoms with van der Waals surface area (Å²) in [4.78, 5) is 28.8. The minimum Gasteiger partial charge on any atom is -0.497 e. The predicted octanol–water partition coefficient (Wildman–Crippen LogP) is 3.16. The number of benzene rings is 1. The van der Waals surface area contributed by atoms with Gasteiger partial charge in [-0.3, -0.25) is 4.79 Å². The lowest BCUT2D eigenvalue weighted by molar-refractivity contribution is -0.141. The molecular weight excluding hydrogens is 366 g/mol. The van der Waals surface area contributed by atoms with Gasteiger partial charge in [0.2, 0.25) is 0 Å². The Morgan fingerprint density at radius 1 is 1.26 bits per heavy atom. The molecule has 7 nitrogen and oxygen atoms in total. The molecule has 1 aliphatic rings. The number of aromatic nitrogens is 1. The molecule has 0 spiro atoms. The van der Waals surface area contributed by atoms with Gasteiger partial charge in [0.25, 0.3) is 5.91 Å². The second kappa shape index (κ2) is 8.39. The van der Waals surface area contributed by atoms with Gasteiger partial charge >= 0.3 is 5.97 Å². The molecule has 1 aliphatic carbocycles. The Kier molecular flexibility index (Phi) is 5.95. The van der Waals surface area contributed by atoms with E-state index in [9.17, 15) is 14.7 Å². The number of aliphatic carboxylic acids is 1. The molecule has 1 aromatic carbocycles. The molecule has 27 heavy (non-hydrogen) atoms. The quantitative estimate of drug-likeness (QED) is 0.699. The predicted molar refractivity (Wildman–Crippen MR) is 104 cm³/mol. The number of nitrogen functional groups attached to an aromatic ring is 1. The number of methoxy groups -OCH3 is 1. The van der Waals surface area contributed by atoms with Gasteiger partial charge in [0.05, 0.1) is 7.11 Å². The Balaban J connectivity index is 1.77. The highest BCUT2D eigenvalue weighted by atomic mass is 32.1. The maximum atomic E-state index is 12.7. The van der Waals surface area contributed by atoms with Crippen molar-refractivity contribution in [3.05, 3.63) is 29.1 Å². The van der Waals surface area contributed by atoms with Crippen LogP contribution in [0.2, 0.25) is 0 Å². The molecule has 1 fully saturated rings. The summed E-state index contributed by atoms with van der Waals surface area (Å²) in [7, 11) is 1.59. The maximum Gasteiger partial charge on any atom is 0.326 e. The zero-order chi connectivity index (χ0) is 19.4. The molecule has 0 saturated heterocycles. The minimum atomic E-state index is -1.01. The van der Waals surface area contributed by atoms with Gasteiger partial charge in [-0.25, -0.2) is 9.78 Å². The topological polar surface area (TPSA) is 115 Å². The van der Waals surface area contributed by atoms with Crippen LogP contribution in [-0.4, -0.2) is 35.1 Å². The molecule has 0 unspecified atom stereocenters. The van der Waals surface area contributed by atoms with Crippen LogP contribution in [0.4, 0.5) is 5.82 Å². The molecule has 0 radical (unpaired) electrons. The number of rotatable bonds is 6. The van der Waals surface area contributed by atoms with Crippen molar-refractivity contribution in [3.8, 4) is 16.3 Å². The number of ether oxygens (including phenoxy) is 1. The first-order chi connectivity index (χ1) is 13.0. The maximum absolute atomic E-state index is 12.7. The number of thiazole rings is 1. The van der Waals surface area contributed by atoms with Gasteiger partial charge in [0.1, 0.15) is 27.5 Å². The molecule has 144 valence electrons. The zero-order valence-electron chi connectivity index (χ0n) is 15.1. The first-order valence-corrected chi connectivity index (χ1v) is 9.75. The second-order valence-electron chi connectivity index (χ2n) is 6.65. The number of nitrogens with two attached hydrogens (primary N) is 1. The molecule has 1 aromatic heterocycles. The standard InChI is InChI=1S/C19H23N3O4S/c1-26-13-9-7-12(8-10-13)18-22-16(20)15(27-18)17(23)21-14(19(24)25)11-5-3-2-4-6-11/h7-11,14H,2-6,20H2,1H3,(H,21,23)(H,24,25)/t14-/m0/s1. The molecule has 2 aromatic rings. The fourth-order valence-electron chi connectivity index (χ4n) is 3.41. The van der Waals surface area contributed by atoms with Gasteiger partial charge in [-0.2, -0.15) is 0 Å². The van der Waals surface area contributed by atoms with Gasteiger partial charge in [0.15, 0.2) is 0 Å². The number of nitrogens with one attached hydrogen (secondary N) is 1. The summed E-state index contributed by atoms with van der Waals surface area (Å²) in [5, 5.41) is 12.8. The largest absolute Gasteiger partial charge is 0.497 e. The van der Waals surface area contributed by atoms with Crippen LogP contribution in [0.3, 0.4) is 0 Å². The van der Waals surface area contributed by atoms with E-state index in [0.29, 0.717) is 5.01 Å². The van der Waals surface area contributed by atoms with Crippen LogP contribution >= 0.6 is 11.3 Å². The van der Waals surface area contributed by atoms with Crippen LogP contribution in [0.25, 0.3) is 10.6 Å². The lowest BCUT2D eigenvalue weighted by atomic mass is 9.84. The first kappa shape index (κ1) is 19.2. The average Bonchev–Trinajstić information content (AvgIpc) is 3.08. The van der Waals surface area contributed by atoms with E-state index in [0.717, 1.165) is 54.8 Å². The first-order valence-electron chi connectivity index (χ1n) is 8.94. The third kappa shape index (κ3) is 4.39. The van der Waals surface area contributed by atoms with Gasteiger partial charge in [0, 0.05) is 5.56 Å². The van der Waals surface area contributed by atoms with E-state index in [1.54, 1.807) is 19.2 Å². The Morgan fingerprint density at radius 2 is 1.93 bits per heavy atom. The summed E-state index contributed by atoms with van der Waals surface area (Å²) in [5.74, 6) is -0.707. The molecule has 0 bridgehead atoms. The Hall–Kier alpha value is -2.61. The lowest BCUT2D eigenvalue weighted by Gasteiger charge is -2.27. The molecule has 3 rings (SSSR count). The van der Waals surface area contributed by atoms with E-state index in [2.05, 4.69) is 10.3 Å². The summed E-state index contributed by atoms with van der Waals surface area (Å²) in [6.07, 6.45) is 4.73. The highest BCUT2D eigenvalue weighted by Gasteiger charge is 2.32. The fourth-order valence-corrected chi connectivity index (χ4v) is 4.30. The van der Waals surface area contributed by atoms with Crippen molar-refractivity contribution in [1.29, 1.82) is 0 Å². The molecule has 1 heterocycles. The van der Waals surface area contributed by atoms with Gasteiger partial charge in [-0.15, -0.1) is 11.3 Å². The highest BCUT2D eigenvalue weighted by Crippen LogP contribution is 2.31. The van der Waals surface area contributed by atoms with Crippen molar-refractivity contribution in [2.75, 3.05) is 12.8 Å². The summed E-state index contributed by atoms with van der Waals surface area (Å²) < 4.78 is 5.13. The Bertz CT molecular complexity index is 813. The van der Waals surface area contributed by atoms with E-state index in [1.807, 2.05) is 12.1 Å². The van der Waals surface area contributed by atoms with Crippen LogP contribution < -0.4 is 15.8 Å². The molecule has 0 aliphatic heterocycles. The zero-order valence-corrected chi connectivity index (χ0v) is 15.9. The Morgan fingerprint density at radius 3 is 2.52 bits per heavy atom. The van der Waals surface area contributed by atoms with Gasteiger partial charge < -0.3 is 20.9 Å². The third-order valence-corrected chi connectivity index (χ3v) is 5.99. The van der Waals surface area contributed by atoms with Gasteiger partial charge in [-0.05, 0) is 43.0 Å². The number of carboxylic acids is 1. The average molecular weight is 389 g/mol. The number of carbonyl (C=O) groups excluding carboxylic acids is 1. The molecule has 1 amide bonds. The number of anilines is 1. The van der Waals surface area contributed by atoms with Crippen molar-refractivity contribution in [1.82, 2.24) is 10.3 Å².